The zero-order valence-corrected chi connectivity index (χ0v) is 13.5. The second kappa shape index (κ2) is 6.65. The van der Waals surface area contributed by atoms with Crippen LogP contribution in [0.5, 0.6) is 0 Å². The molecule has 1 aliphatic heterocycles. The summed E-state index contributed by atoms with van der Waals surface area (Å²) in [5.41, 5.74) is 1.13. The van der Waals surface area contributed by atoms with Crippen LogP contribution in [0, 0.1) is 10.1 Å². The summed E-state index contributed by atoms with van der Waals surface area (Å²) in [5, 5.41) is 11.0. The number of rotatable bonds is 4. The summed E-state index contributed by atoms with van der Waals surface area (Å²) in [6.07, 6.45) is 2.32. The maximum atomic E-state index is 11.0. The van der Waals surface area contributed by atoms with Crippen LogP contribution in [0.2, 0.25) is 0 Å². The van der Waals surface area contributed by atoms with E-state index in [0.29, 0.717) is 10.5 Å². The Bertz CT molecular complexity index is 487. The molecule has 0 N–H and O–H groups in total. The van der Waals surface area contributed by atoms with Gasteiger partial charge in [-0.2, -0.15) is 0 Å². The molecule has 0 saturated carbocycles. The molecule has 6 heteroatoms. The summed E-state index contributed by atoms with van der Waals surface area (Å²) in [5.74, 6) is 0. The first-order valence-electron chi connectivity index (χ1n) is 6.79. The van der Waals surface area contributed by atoms with Crippen LogP contribution < -0.4 is 0 Å². The third kappa shape index (κ3) is 3.77. The number of hydrogen-bond acceptors (Lipinski definition) is 4. The smallest absolute Gasteiger partial charge is 0.283 e. The van der Waals surface area contributed by atoms with E-state index in [2.05, 4.69) is 39.8 Å². The van der Waals surface area contributed by atoms with Crippen molar-refractivity contribution in [1.29, 1.82) is 0 Å². The normalized spacial score (nSPS) is 17.6. The van der Waals surface area contributed by atoms with Gasteiger partial charge in [0.2, 0.25) is 0 Å². The van der Waals surface area contributed by atoms with E-state index < -0.39 is 0 Å². The number of halogens is 1. The Morgan fingerprint density at radius 3 is 2.70 bits per heavy atom. The molecule has 0 aromatic heterocycles. The van der Waals surface area contributed by atoms with Gasteiger partial charge in [0, 0.05) is 18.7 Å². The molecule has 1 aliphatic rings. The van der Waals surface area contributed by atoms with Gasteiger partial charge in [-0.25, -0.2) is 0 Å². The number of piperidine rings is 1. The standard InChI is InChI=1S/C14H20BrN3O2/c1-16-7-5-12(6-8-16)17(2)10-11-3-4-13(15)14(9-11)18(19)20/h3-4,9,12H,5-8,10H2,1-2H3. The molecule has 1 aromatic carbocycles. The van der Waals surface area contributed by atoms with Crippen LogP contribution in [0.3, 0.4) is 0 Å². The molecular formula is C14H20BrN3O2. The molecule has 1 fully saturated rings. The molecule has 5 nitrogen and oxygen atoms in total. The summed E-state index contributed by atoms with van der Waals surface area (Å²) in [4.78, 5) is 15.3. The van der Waals surface area contributed by atoms with E-state index in [4.69, 9.17) is 0 Å². The van der Waals surface area contributed by atoms with Crippen LogP contribution in [-0.4, -0.2) is 47.9 Å². The maximum Gasteiger partial charge on any atom is 0.283 e. The molecule has 1 aromatic rings. The lowest BCUT2D eigenvalue weighted by Gasteiger charge is -2.35. The number of hydrogen-bond donors (Lipinski definition) is 0. The average molecular weight is 342 g/mol. The van der Waals surface area contributed by atoms with Gasteiger partial charge >= 0.3 is 0 Å². The molecule has 110 valence electrons. The average Bonchev–Trinajstić information content (AvgIpc) is 2.41. The SMILES string of the molecule is CN1CCC(N(C)Cc2ccc(Br)c([N+](=O)[O-])c2)CC1. The van der Waals surface area contributed by atoms with Crippen molar-refractivity contribution >= 4 is 21.6 Å². The second-order valence-electron chi connectivity index (χ2n) is 5.49. The van der Waals surface area contributed by atoms with Crippen molar-refractivity contribution in [2.24, 2.45) is 0 Å². The minimum atomic E-state index is -0.344. The van der Waals surface area contributed by atoms with Crippen LogP contribution in [0.4, 0.5) is 5.69 Å². The molecule has 1 heterocycles. The van der Waals surface area contributed by atoms with Gasteiger partial charge in [0.15, 0.2) is 0 Å². The molecule has 0 amide bonds. The highest BCUT2D eigenvalue weighted by atomic mass is 79.9. The van der Waals surface area contributed by atoms with E-state index in [-0.39, 0.29) is 10.6 Å². The van der Waals surface area contributed by atoms with E-state index in [1.165, 1.54) is 0 Å². The predicted molar refractivity (Wildman–Crippen MR) is 82.8 cm³/mol. The van der Waals surface area contributed by atoms with Crippen LogP contribution in [-0.2, 0) is 6.54 Å². The van der Waals surface area contributed by atoms with Gasteiger partial charge in [-0.15, -0.1) is 0 Å². The summed E-state index contributed by atoms with van der Waals surface area (Å²) in [6.45, 7) is 2.99. The molecule has 0 spiro atoms. The first-order valence-corrected chi connectivity index (χ1v) is 7.58. The van der Waals surface area contributed by atoms with Crippen LogP contribution in [0.1, 0.15) is 18.4 Å². The predicted octanol–water partition coefficient (Wildman–Crippen LogP) is 2.88. The van der Waals surface area contributed by atoms with Crippen molar-refractivity contribution < 1.29 is 4.92 Å². The van der Waals surface area contributed by atoms with Gasteiger partial charge in [0.1, 0.15) is 0 Å². The van der Waals surface area contributed by atoms with Gasteiger partial charge in [0.05, 0.1) is 9.40 Å². The summed E-state index contributed by atoms with van der Waals surface area (Å²) in [7, 11) is 4.25. The zero-order chi connectivity index (χ0) is 14.7. The Morgan fingerprint density at radius 1 is 1.45 bits per heavy atom. The van der Waals surface area contributed by atoms with Crippen LogP contribution in [0.15, 0.2) is 22.7 Å². The Kier molecular flexibility index (Phi) is 5.12. The molecular weight excluding hydrogens is 322 g/mol. The third-order valence-electron chi connectivity index (χ3n) is 3.95. The van der Waals surface area contributed by atoms with E-state index in [1.807, 2.05) is 6.07 Å². The van der Waals surface area contributed by atoms with Crippen molar-refractivity contribution in [3.05, 3.63) is 38.3 Å². The van der Waals surface area contributed by atoms with Crippen molar-refractivity contribution in [1.82, 2.24) is 9.80 Å². The molecule has 0 aliphatic carbocycles. The van der Waals surface area contributed by atoms with Crippen LogP contribution in [0.25, 0.3) is 0 Å². The lowest BCUT2D eigenvalue weighted by atomic mass is 10.0. The molecule has 1 saturated heterocycles. The van der Waals surface area contributed by atoms with E-state index in [9.17, 15) is 10.1 Å². The summed E-state index contributed by atoms with van der Waals surface area (Å²) < 4.78 is 0.535. The van der Waals surface area contributed by atoms with E-state index >= 15 is 0 Å². The number of nitrogens with zero attached hydrogens (tertiary/aromatic N) is 3. The highest BCUT2D eigenvalue weighted by Gasteiger charge is 2.21. The quantitative estimate of drug-likeness (QED) is 0.624. The Morgan fingerprint density at radius 2 is 2.10 bits per heavy atom. The van der Waals surface area contributed by atoms with Crippen molar-refractivity contribution in [2.45, 2.75) is 25.4 Å². The number of nitro benzene ring substituents is 1. The van der Waals surface area contributed by atoms with Gasteiger partial charge in [-0.1, -0.05) is 6.07 Å². The van der Waals surface area contributed by atoms with Crippen molar-refractivity contribution in [3.63, 3.8) is 0 Å². The summed E-state index contributed by atoms with van der Waals surface area (Å²) in [6, 6.07) is 5.93. The fourth-order valence-corrected chi connectivity index (χ4v) is 3.04. The molecule has 2 rings (SSSR count). The maximum absolute atomic E-state index is 11.0. The molecule has 0 bridgehead atoms. The first kappa shape index (κ1) is 15.4. The topological polar surface area (TPSA) is 49.6 Å². The Labute approximate surface area is 127 Å². The molecule has 0 radical (unpaired) electrons. The van der Waals surface area contributed by atoms with Crippen molar-refractivity contribution in [3.8, 4) is 0 Å². The highest BCUT2D eigenvalue weighted by Crippen LogP contribution is 2.26. The minimum absolute atomic E-state index is 0.138. The third-order valence-corrected chi connectivity index (χ3v) is 4.62. The van der Waals surface area contributed by atoms with Crippen molar-refractivity contribution in [2.75, 3.05) is 27.2 Å². The fraction of sp³-hybridized carbons (Fsp3) is 0.571. The number of likely N-dealkylation sites (tertiary alicyclic amines) is 1. The fourth-order valence-electron chi connectivity index (χ4n) is 2.65. The Balaban J connectivity index is 2.02. The van der Waals surface area contributed by atoms with Crippen LogP contribution >= 0.6 is 15.9 Å². The minimum Gasteiger partial charge on any atom is -0.306 e. The van der Waals surface area contributed by atoms with Gasteiger partial charge in [-0.3, -0.25) is 15.0 Å². The second-order valence-corrected chi connectivity index (χ2v) is 6.35. The van der Waals surface area contributed by atoms with Gasteiger partial charge < -0.3 is 4.90 Å². The number of benzene rings is 1. The lowest BCUT2D eigenvalue weighted by Crippen LogP contribution is -2.41. The zero-order valence-electron chi connectivity index (χ0n) is 11.9. The van der Waals surface area contributed by atoms with Gasteiger partial charge in [-0.05, 0) is 67.6 Å². The van der Waals surface area contributed by atoms with Gasteiger partial charge in [0.25, 0.3) is 5.69 Å². The lowest BCUT2D eigenvalue weighted by molar-refractivity contribution is -0.385. The molecule has 0 atom stereocenters. The highest BCUT2D eigenvalue weighted by molar-refractivity contribution is 9.10. The van der Waals surface area contributed by atoms with E-state index in [0.717, 1.165) is 38.0 Å². The molecule has 0 unspecified atom stereocenters. The monoisotopic (exact) mass is 341 g/mol. The van der Waals surface area contributed by atoms with E-state index in [1.54, 1.807) is 12.1 Å². The largest absolute Gasteiger partial charge is 0.306 e. The number of nitro groups is 1. The Hall–Kier alpha value is -0.980. The summed E-state index contributed by atoms with van der Waals surface area (Å²) >= 11 is 3.22. The first-order chi connectivity index (χ1) is 9.47. The molecule has 20 heavy (non-hydrogen) atoms.